The molecule has 7 heteroatoms. The van der Waals surface area contributed by atoms with Gasteiger partial charge in [0.2, 0.25) is 0 Å². The molecule has 1 atom stereocenters. The van der Waals surface area contributed by atoms with Crippen molar-refractivity contribution in [2.24, 2.45) is 0 Å². The summed E-state index contributed by atoms with van der Waals surface area (Å²) in [5.41, 5.74) is 0.761. The number of nitrogens with zero attached hydrogens (tertiary/aromatic N) is 1. The average Bonchev–Trinajstić information content (AvgIpc) is 2.42. The van der Waals surface area contributed by atoms with Gasteiger partial charge in [-0.15, -0.1) is 0 Å². The summed E-state index contributed by atoms with van der Waals surface area (Å²) in [6, 6.07) is 4.05. The first-order valence-corrected chi connectivity index (χ1v) is 6.22. The molecule has 0 heterocycles. The summed E-state index contributed by atoms with van der Waals surface area (Å²) in [4.78, 5) is 33.1. The fourth-order valence-electron chi connectivity index (χ4n) is 1.58. The molecular weight excluding hydrogens is 276 g/mol. The maximum atomic E-state index is 12.0. The first kappa shape index (κ1) is 16.4. The van der Waals surface area contributed by atoms with Crippen LogP contribution in [0.25, 0.3) is 0 Å². The number of carbonyl (C=O) groups excluding carboxylic acids is 1. The lowest BCUT2D eigenvalue weighted by atomic mass is 10.1. The summed E-state index contributed by atoms with van der Waals surface area (Å²) in [7, 11) is 0. The Morgan fingerprint density at radius 3 is 2.62 bits per heavy atom. The number of carboxylic acids is 1. The number of hydrogen-bond donors (Lipinski definition) is 2. The lowest BCUT2D eigenvalue weighted by molar-refractivity contribution is -0.384. The van der Waals surface area contributed by atoms with Gasteiger partial charge >= 0.3 is 5.97 Å². The highest BCUT2D eigenvalue weighted by Crippen LogP contribution is 2.13. The number of allylic oxidation sites excluding steroid dienone is 1. The van der Waals surface area contributed by atoms with Crippen molar-refractivity contribution in [1.29, 1.82) is 0 Å². The number of nitro groups is 1. The topological polar surface area (TPSA) is 110 Å². The zero-order valence-corrected chi connectivity index (χ0v) is 11.7. The molecule has 0 aliphatic carbocycles. The number of carboxylic acid groups (broad SMARTS) is 1. The number of non-ortho nitro benzene ring substituents is 1. The molecule has 21 heavy (non-hydrogen) atoms. The molecular formula is C14H16N2O5. The fraction of sp³-hybridized carbons (Fsp3) is 0.286. The van der Waals surface area contributed by atoms with Gasteiger partial charge in [-0.1, -0.05) is 17.7 Å². The number of benzene rings is 1. The predicted molar refractivity (Wildman–Crippen MR) is 76.0 cm³/mol. The molecule has 0 aliphatic heterocycles. The first-order chi connectivity index (χ1) is 9.81. The summed E-state index contributed by atoms with van der Waals surface area (Å²) in [5.74, 6) is -1.82. The average molecular weight is 292 g/mol. The van der Waals surface area contributed by atoms with Crippen LogP contribution in [0.1, 0.15) is 30.6 Å². The van der Waals surface area contributed by atoms with Crippen molar-refractivity contribution in [3.63, 3.8) is 0 Å². The van der Waals surface area contributed by atoms with E-state index < -0.39 is 22.8 Å². The van der Waals surface area contributed by atoms with E-state index >= 15 is 0 Å². The van der Waals surface area contributed by atoms with Crippen LogP contribution in [0.2, 0.25) is 0 Å². The van der Waals surface area contributed by atoms with Crippen molar-refractivity contribution in [2.75, 3.05) is 0 Å². The molecule has 0 spiro atoms. The van der Waals surface area contributed by atoms with Crippen molar-refractivity contribution >= 4 is 17.6 Å². The van der Waals surface area contributed by atoms with Crippen LogP contribution in [-0.4, -0.2) is 27.9 Å². The van der Waals surface area contributed by atoms with Gasteiger partial charge in [0.25, 0.3) is 11.6 Å². The number of rotatable bonds is 6. The Morgan fingerprint density at radius 1 is 1.43 bits per heavy atom. The molecule has 0 radical (unpaired) electrons. The molecule has 0 unspecified atom stereocenters. The largest absolute Gasteiger partial charge is 0.480 e. The molecule has 0 bridgehead atoms. The lowest BCUT2D eigenvalue weighted by Gasteiger charge is -2.13. The molecule has 0 saturated heterocycles. The molecule has 1 amide bonds. The summed E-state index contributed by atoms with van der Waals surface area (Å²) >= 11 is 0. The zero-order chi connectivity index (χ0) is 16.0. The van der Waals surface area contributed by atoms with E-state index in [0.717, 1.165) is 11.6 Å². The van der Waals surface area contributed by atoms with Gasteiger partial charge in [-0.3, -0.25) is 14.9 Å². The minimum atomic E-state index is -1.16. The number of hydrogen-bond acceptors (Lipinski definition) is 4. The van der Waals surface area contributed by atoms with Crippen LogP contribution in [-0.2, 0) is 4.79 Å². The minimum Gasteiger partial charge on any atom is -0.480 e. The molecule has 0 fully saturated rings. The second-order valence-corrected chi connectivity index (χ2v) is 4.69. The molecule has 0 saturated carbocycles. The van der Waals surface area contributed by atoms with E-state index in [1.54, 1.807) is 6.08 Å². The highest BCUT2D eigenvalue weighted by atomic mass is 16.6. The molecule has 112 valence electrons. The Labute approximate surface area is 121 Å². The normalized spacial score (nSPS) is 11.3. The van der Waals surface area contributed by atoms with E-state index in [-0.39, 0.29) is 17.7 Å². The third kappa shape index (κ3) is 5.06. The summed E-state index contributed by atoms with van der Waals surface area (Å²) in [5, 5.41) is 22.1. The Kier molecular flexibility index (Phi) is 5.59. The molecule has 1 rings (SSSR count). The van der Waals surface area contributed by atoms with Gasteiger partial charge in [0, 0.05) is 17.7 Å². The molecule has 7 nitrogen and oxygen atoms in total. The SMILES string of the molecule is CC(C)=CC[C@H](NC(=O)c1cccc([N+](=O)[O-])c1)C(=O)O. The zero-order valence-electron chi connectivity index (χ0n) is 11.7. The van der Waals surface area contributed by atoms with Gasteiger partial charge < -0.3 is 10.4 Å². The summed E-state index contributed by atoms with van der Waals surface area (Å²) in [6.45, 7) is 3.64. The number of nitro benzene ring substituents is 1. The summed E-state index contributed by atoms with van der Waals surface area (Å²) < 4.78 is 0. The van der Waals surface area contributed by atoms with Crippen LogP contribution in [0, 0.1) is 10.1 Å². The lowest BCUT2D eigenvalue weighted by Crippen LogP contribution is -2.40. The van der Waals surface area contributed by atoms with Crippen molar-refractivity contribution in [3.8, 4) is 0 Å². The highest BCUT2D eigenvalue weighted by Gasteiger charge is 2.20. The summed E-state index contributed by atoms with van der Waals surface area (Å²) in [6.07, 6.45) is 1.85. The molecule has 1 aromatic carbocycles. The van der Waals surface area contributed by atoms with Crippen molar-refractivity contribution < 1.29 is 19.6 Å². The standard InChI is InChI=1S/C14H16N2O5/c1-9(2)6-7-12(14(18)19)15-13(17)10-4-3-5-11(8-10)16(20)21/h3-6,8,12H,7H2,1-2H3,(H,15,17)(H,18,19)/t12-/m0/s1. The predicted octanol–water partition coefficient (Wildman–Crippen LogP) is 2.13. The Balaban J connectivity index is 2.87. The van der Waals surface area contributed by atoms with Crippen molar-refractivity contribution in [1.82, 2.24) is 5.32 Å². The number of aliphatic carboxylic acids is 1. The monoisotopic (exact) mass is 292 g/mol. The van der Waals surface area contributed by atoms with E-state index in [9.17, 15) is 19.7 Å². The fourth-order valence-corrected chi connectivity index (χ4v) is 1.58. The van der Waals surface area contributed by atoms with Gasteiger partial charge in [-0.25, -0.2) is 4.79 Å². The maximum absolute atomic E-state index is 12.0. The highest BCUT2D eigenvalue weighted by molar-refractivity contribution is 5.97. The van der Waals surface area contributed by atoms with Crippen LogP contribution in [0.5, 0.6) is 0 Å². The molecule has 0 aromatic heterocycles. The van der Waals surface area contributed by atoms with E-state index in [4.69, 9.17) is 5.11 Å². The number of amides is 1. The third-order valence-electron chi connectivity index (χ3n) is 2.68. The van der Waals surface area contributed by atoms with Gasteiger partial charge in [0.05, 0.1) is 4.92 Å². The molecule has 2 N–H and O–H groups in total. The second kappa shape index (κ2) is 7.18. The van der Waals surface area contributed by atoms with Gasteiger partial charge in [-0.2, -0.15) is 0 Å². The molecule has 0 aliphatic rings. The Hall–Kier alpha value is -2.70. The van der Waals surface area contributed by atoms with Crippen LogP contribution in [0.4, 0.5) is 5.69 Å². The van der Waals surface area contributed by atoms with Gasteiger partial charge in [0.15, 0.2) is 0 Å². The minimum absolute atomic E-state index is 0.0488. The van der Waals surface area contributed by atoms with E-state index in [1.165, 1.54) is 18.2 Å². The van der Waals surface area contributed by atoms with E-state index in [1.807, 2.05) is 13.8 Å². The van der Waals surface area contributed by atoms with Gasteiger partial charge in [0.1, 0.15) is 6.04 Å². The van der Waals surface area contributed by atoms with Crippen LogP contribution < -0.4 is 5.32 Å². The van der Waals surface area contributed by atoms with Crippen LogP contribution in [0.3, 0.4) is 0 Å². The Bertz CT molecular complexity index is 591. The number of carbonyl (C=O) groups is 2. The number of nitrogens with one attached hydrogen (secondary N) is 1. The van der Waals surface area contributed by atoms with Crippen molar-refractivity contribution in [2.45, 2.75) is 26.3 Å². The van der Waals surface area contributed by atoms with Crippen molar-refractivity contribution in [3.05, 3.63) is 51.6 Å². The quantitative estimate of drug-likeness (QED) is 0.474. The van der Waals surface area contributed by atoms with Crippen LogP contribution in [0.15, 0.2) is 35.9 Å². The Morgan fingerprint density at radius 2 is 2.10 bits per heavy atom. The first-order valence-electron chi connectivity index (χ1n) is 6.22. The second-order valence-electron chi connectivity index (χ2n) is 4.69. The van der Waals surface area contributed by atoms with E-state index in [0.29, 0.717) is 0 Å². The molecule has 1 aromatic rings. The third-order valence-corrected chi connectivity index (χ3v) is 2.68. The smallest absolute Gasteiger partial charge is 0.326 e. The van der Waals surface area contributed by atoms with Gasteiger partial charge in [-0.05, 0) is 26.3 Å². The van der Waals surface area contributed by atoms with E-state index in [2.05, 4.69) is 5.32 Å². The maximum Gasteiger partial charge on any atom is 0.326 e. The van der Waals surface area contributed by atoms with Crippen LogP contribution >= 0.6 is 0 Å².